The van der Waals surface area contributed by atoms with Crippen LogP contribution in [0.25, 0.3) is 11.0 Å². The first-order chi connectivity index (χ1) is 12.8. The van der Waals surface area contributed by atoms with E-state index < -0.39 is 0 Å². The van der Waals surface area contributed by atoms with Crippen LogP contribution in [0.2, 0.25) is 0 Å². The highest BCUT2D eigenvalue weighted by Crippen LogP contribution is 2.31. The molecule has 0 aromatic carbocycles. The first-order valence-corrected chi connectivity index (χ1v) is 10.7. The number of thioether (sulfide) groups is 1. The van der Waals surface area contributed by atoms with Gasteiger partial charge in [-0.3, -0.25) is 4.79 Å². The van der Waals surface area contributed by atoms with E-state index in [0.29, 0.717) is 11.6 Å². The van der Waals surface area contributed by atoms with Gasteiger partial charge in [-0.05, 0) is 37.9 Å². The Bertz CT molecular complexity index is 809. The van der Waals surface area contributed by atoms with E-state index in [1.54, 1.807) is 12.5 Å². The number of fused-ring (bicyclic) bond motifs is 4. The third-order valence-corrected chi connectivity index (χ3v) is 6.94. The van der Waals surface area contributed by atoms with Crippen LogP contribution in [0.1, 0.15) is 23.3 Å². The molecule has 2 aromatic rings. The molecule has 6 heterocycles. The predicted octanol–water partition coefficient (Wildman–Crippen LogP) is 2.20. The summed E-state index contributed by atoms with van der Waals surface area (Å²) in [5.41, 5.74) is 2.32. The van der Waals surface area contributed by atoms with E-state index in [0.717, 1.165) is 47.8 Å². The molecular formula is C19H24N4O2S. The second-order valence-corrected chi connectivity index (χ2v) is 8.73. The van der Waals surface area contributed by atoms with Crippen molar-refractivity contribution in [1.82, 2.24) is 15.2 Å². The van der Waals surface area contributed by atoms with E-state index in [9.17, 15) is 4.79 Å². The second-order valence-electron chi connectivity index (χ2n) is 7.50. The maximum absolute atomic E-state index is 12.8. The normalized spacial score (nSPS) is 28.5. The second kappa shape index (κ2) is 6.78. The van der Waals surface area contributed by atoms with Gasteiger partial charge in [0.2, 0.25) is 0 Å². The van der Waals surface area contributed by atoms with Crippen LogP contribution in [0.4, 0.5) is 5.69 Å². The number of nitrogens with one attached hydrogen (secondary N) is 1. The molecule has 4 aliphatic heterocycles. The molecule has 26 heavy (non-hydrogen) atoms. The molecule has 4 fully saturated rings. The van der Waals surface area contributed by atoms with Crippen molar-refractivity contribution in [3.63, 3.8) is 0 Å². The molecule has 1 amide bonds. The number of furan rings is 1. The standard InChI is InChI=1S/C19H24N4O2S/c24-19(21-16-11-22-3-1-13(16)2-4-22)15-9-14-17(12-25-18(14)10-20-15)23-5-7-26-8-6-23/h9-10,12-13,16H,1-8,11H2,(H,21,24). The van der Waals surface area contributed by atoms with Gasteiger partial charge in [0, 0.05) is 42.6 Å². The number of hydrogen-bond acceptors (Lipinski definition) is 6. The largest absolute Gasteiger partial charge is 0.460 e. The van der Waals surface area contributed by atoms with Crippen LogP contribution in [0, 0.1) is 5.92 Å². The highest BCUT2D eigenvalue weighted by atomic mass is 32.2. The molecule has 0 radical (unpaired) electrons. The van der Waals surface area contributed by atoms with Gasteiger partial charge in [-0.1, -0.05) is 0 Å². The lowest BCUT2D eigenvalue weighted by molar-refractivity contribution is 0.0618. The zero-order valence-corrected chi connectivity index (χ0v) is 15.6. The Morgan fingerprint density at radius 1 is 1.23 bits per heavy atom. The van der Waals surface area contributed by atoms with Gasteiger partial charge >= 0.3 is 0 Å². The van der Waals surface area contributed by atoms with Crippen LogP contribution in [0.5, 0.6) is 0 Å². The third kappa shape index (κ3) is 2.97. The summed E-state index contributed by atoms with van der Waals surface area (Å²) in [6.07, 6.45) is 5.87. The fourth-order valence-corrected chi connectivity index (χ4v) is 5.37. The number of hydrogen-bond donors (Lipinski definition) is 1. The number of piperidine rings is 3. The predicted molar refractivity (Wildman–Crippen MR) is 104 cm³/mol. The Morgan fingerprint density at radius 2 is 2.04 bits per heavy atom. The smallest absolute Gasteiger partial charge is 0.270 e. The van der Waals surface area contributed by atoms with Gasteiger partial charge in [0.25, 0.3) is 5.91 Å². The summed E-state index contributed by atoms with van der Waals surface area (Å²) < 4.78 is 5.68. The number of carbonyl (C=O) groups excluding carboxylic acids is 1. The van der Waals surface area contributed by atoms with Crippen LogP contribution in [-0.2, 0) is 0 Å². The van der Waals surface area contributed by atoms with E-state index in [1.165, 1.54) is 25.9 Å². The third-order valence-electron chi connectivity index (χ3n) is 6.00. The van der Waals surface area contributed by atoms with Gasteiger partial charge < -0.3 is 19.5 Å². The summed E-state index contributed by atoms with van der Waals surface area (Å²) in [5, 5.41) is 4.22. The maximum atomic E-state index is 12.8. The summed E-state index contributed by atoms with van der Waals surface area (Å²) in [7, 11) is 0. The van der Waals surface area contributed by atoms with Crippen molar-refractivity contribution < 1.29 is 9.21 Å². The zero-order valence-electron chi connectivity index (χ0n) is 14.8. The number of rotatable bonds is 3. The first kappa shape index (κ1) is 16.4. The molecule has 6 rings (SSSR count). The van der Waals surface area contributed by atoms with E-state index in [2.05, 4.69) is 20.1 Å². The monoisotopic (exact) mass is 372 g/mol. The van der Waals surface area contributed by atoms with Crippen molar-refractivity contribution in [2.45, 2.75) is 18.9 Å². The highest BCUT2D eigenvalue weighted by molar-refractivity contribution is 7.99. The van der Waals surface area contributed by atoms with Crippen molar-refractivity contribution in [2.75, 3.05) is 49.1 Å². The highest BCUT2D eigenvalue weighted by Gasteiger charge is 2.35. The summed E-state index contributed by atoms with van der Waals surface area (Å²) in [4.78, 5) is 21.9. The number of amides is 1. The van der Waals surface area contributed by atoms with Crippen molar-refractivity contribution in [2.24, 2.45) is 5.92 Å². The number of nitrogens with zero attached hydrogens (tertiary/aromatic N) is 3. The molecule has 138 valence electrons. The Labute approximate surface area is 157 Å². The molecular weight excluding hydrogens is 348 g/mol. The van der Waals surface area contributed by atoms with E-state index in [4.69, 9.17) is 4.42 Å². The van der Waals surface area contributed by atoms with Crippen LogP contribution < -0.4 is 10.2 Å². The number of aromatic nitrogens is 1. The van der Waals surface area contributed by atoms with E-state index >= 15 is 0 Å². The Hall–Kier alpha value is -1.73. The minimum Gasteiger partial charge on any atom is -0.460 e. The number of anilines is 1. The lowest BCUT2D eigenvalue weighted by Gasteiger charge is -2.44. The molecule has 1 N–H and O–H groups in total. The van der Waals surface area contributed by atoms with Crippen LogP contribution >= 0.6 is 11.8 Å². The Balaban J connectivity index is 1.37. The summed E-state index contributed by atoms with van der Waals surface area (Å²) >= 11 is 1.98. The van der Waals surface area contributed by atoms with Gasteiger partial charge in [-0.15, -0.1) is 0 Å². The topological polar surface area (TPSA) is 61.6 Å². The molecule has 2 aromatic heterocycles. The molecule has 1 unspecified atom stereocenters. The van der Waals surface area contributed by atoms with Gasteiger partial charge in [0.1, 0.15) is 12.0 Å². The fourth-order valence-electron chi connectivity index (χ4n) is 4.46. The molecule has 7 heteroatoms. The molecule has 0 saturated carbocycles. The van der Waals surface area contributed by atoms with Crippen molar-refractivity contribution in [3.8, 4) is 0 Å². The van der Waals surface area contributed by atoms with Crippen molar-refractivity contribution in [1.29, 1.82) is 0 Å². The Morgan fingerprint density at radius 3 is 2.77 bits per heavy atom. The molecule has 0 spiro atoms. The van der Waals surface area contributed by atoms with Crippen molar-refractivity contribution in [3.05, 3.63) is 24.2 Å². The van der Waals surface area contributed by atoms with Crippen LogP contribution in [-0.4, -0.2) is 66.1 Å². The van der Waals surface area contributed by atoms with Gasteiger partial charge in [-0.2, -0.15) is 11.8 Å². The zero-order chi connectivity index (χ0) is 17.5. The lowest BCUT2D eigenvalue weighted by atomic mass is 9.84. The van der Waals surface area contributed by atoms with E-state index in [1.807, 2.05) is 17.8 Å². The minimum atomic E-state index is -0.0630. The number of carbonyl (C=O) groups is 1. The summed E-state index contributed by atoms with van der Waals surface area (Å²) in [6.45, 7) is 5.36. The molecule has 0 aliphatic carbocycles. The average molecular weight is 372 g/mol. The lowest BCUT2D eigenvalue weighted by Crippen LogP contribution is -2.57. The molecule has 4 saturated heterocycles. The fraction of sp³-hybridized carbons (Fsp3) is 0.579. The molecule has 2 bridgehead atoms. The van der Waals surface area contributed by atoms with Gasteiger partial charge in [0.05, 0.1) is 11.9 Å². The quantitative estimate of drug-likeness (QED) is 0.891. The molecule has 6 nitrogen and oxygen atoms in total. The molecule has 1 atom stereocenters. The van der Waals surface area contributed by atoms with E-state index in [-0.39, 0.29) is 11.9 Å². The van der Waals surface area contributed by atoms with Crippen LogP contribution in [0.15, 0.2) is 22.9 Å². The summed E-state index contributed by atoms with van der Waals surface area (Å²) in [6, 6.07) is 2.15. The van der Waals surface area contributed by atoms with Gasteiger partial charge in [-0.25, -0.2) is 4.98 Å². The maximum Gasteiger partial charge on any atom is 0.270 e. The Kier molecular flexibility index (Phi) is 4.29. The summed E-state index contributed by atoms with van der Waals surface area (Å²) in [5.74, 6) is 2.81. The van der Waals surface area contributed by atoms with Gasteiger partial charge in [0.15, 0.2) is 5.58 Å². The average Bonchev–Trinajstić information content (AvgIpc) is 3.13. The number of pyridine rings is 1. The minimum absolute atomic E-state index is 0.0630. The first-order valence-electron chi connectivity index (χ1n) is 9.51. The van der Waals surface area contributed by atoms with Crippen LogP contribution in [0.3, 0.4) is 0 Å². The SMILES string of the molecule is O=C(NC1CN2CCC1CC2)c1cc2c(N3CCSCC3)coc2cn1. The van der Waals surface area contributed by atoms with Crippen molar-refractivity contribution >= 4 is 34.3 Å². The molecule has 4 aliphatic rings.